The molecule has 3 fully saturated rings. The van der Waals surface area contributed by atoms with Gasteiger partial charge in [0.1, 0.15) is 5.75 Å². The lowest BCUT2D eigenvalue weighted by atomic mass is 9.76. The lowest BCUT2D eigenvalue weighted by Gasteiger charge is -2.39. The molecule has 0 bridgehead atoms. The first-order valence-electron chi connectivity index (χ1n) is 14.4. The molecule has 0 unspecified atom stereocenters. The third-order valence-corrected chi connectivity index (χ3v) is 9.32. The summed E-state index contributed by atoms with van der Waals surface area (Å²) in [5.41, 5.74) is 2.91. The highest BCUT2D eigenvalue weighted by atomic mass is 35.5. The number of hydrogen-bond acceptors (Lipinski definition) is 5. The van der Waals surface area contributed by atoms with Gasteiger partial charge in [0, 0.05) is 56.6 Å². The number of piperidine rings is 1. The summed E-state index contributed by atoms with van der Waals surface area (Å²) in [7, 11) is 1.67. The number of likely N-dealkylation sites (tertiary alicyclic amines) is 3. The first-order valence-corrected chi connectivity index (χ1v) is 14.4. The fourth-order valence-electron chi connectivity index (χ4n) is 6.93. The van der Waals surface area contributed by atoms with Crippen LogP contribution in [0.3, 0.4) is 0 Å². The number of carbonyl (C=O) groups excluding carboxylic acids is 2. The molecule has 3 aromatic rings. The van der Waals surface area contributed by atoms with Crippen molar-refractivity contribution >= 4 is 36.6 Å². The summed E-state index contributed by atoms with van der Waals surface area (Å²) < 4.78 is 5.27. The van der Waals surface area contributed by atoms with E-state index in [9.17, 15) is 9.59 Å². The third-order valence-electron chi connectivity index (χ3n) is 9.32. The molecule has 0 N–H and O–H groups in total. The molecule has 42 heavy (non-hydrogen) atoms. The fourth-order valence-corrected chi connectivity index (χ4v) is 6.93. The Morgan fingerprint density at radius 3 is 2.24 bits per heavy atom. The van der Waals surface area contributed by atoms with Crippen molar-refractivity contribution in [3.05, 3.63) is 95.8 Å². The molecule has 2 amide bonds. The van der Waals surface area contributed by atoms with E-state index in [0.717, 1.165) is 69.8 Å². The van der Waals surface area contributed by atoms with Gasteiger partial charge in [-0.2, -0.15) is 0 Å². The van der Waals surface area contributed by atoms with E-state index in [-0.39, 0.29) is 36.1 Å². The van der Waals surface area contributed by atoms with Gasteiger partial charge in [-0.1, -0.05) is 42.5 Å². The maximum absolute atomic E-state index is 13.6. The normalized spacial score (nSPS) is 21.6. The minimum Gasteiger partial charge on any atom is -0.497 e. The van der Waals surface area contributed by atoms with E-state index in [2.05, 4.69) is 34.1 Å². The second-order valence-electron chi connectivity index (χ2n) is 11.6. The van der Waals surface area contributed by atoms with E-state index in [1.165, 1.54) is 5.56 Å². The number of benzene rings is 2. The molecule has 3 aliphatic heterocycles. The summed E-state index contributed by atoms with van der Waals surface area (Å²) in [6, 6.07) is 22.2. The zero-order valence-electron chi connectivity index (χ0n) is 24.1. The van der Waals surface area contributed by atoms with Gasteiger partial charge in [-0.3, -0.25) is 14.6 Å². The standard InChI is InChI=1S/C33H38N4O3.2ClH/c1-40-29-9-7-25(8-10-29)21-36-20-15-33(32(36)39)13-18-35(19-14-33)22-28-23-37(31(38)27-11-16-34-17-12-27)24-30(28)26-5-3-2-4-6-26;;/h2-12,16-17,28,30H,13-15,18-24H2,1H3;2*1H/t28-,30+;;/m0../s1. The quantitative estimate of drug-likeness (QED) is 0.363. The smallest absolute Gasteiger partial charge is 0.253 e. The number of carbonyl (C=O) groups is 2. The highest BCUT2D eigenvalue weighted by Gasteiger charge is 2.48. The molecular weight excluding hydrogens is 571 g/mol. The molecule has 224 valence electrons. The Morgan fingerprint density at radius 1 is 0.905 bits per heavy atom. The van der Waals surface area contributed by atoms with Crippen LogP contribution in [-0.4, -0.2) is 77.9 Å². The summed E-state index contributed by atoms with van der Waals surface area (Å²) >= 11 is 0. The predicted molar refractivity (Wildman–Crippen MR) is 168 cm³/mol. The monoisotopic (exact) mass is 610 g/mol. The van der Waals surface area contributed by atoms with E-state index in [0.29, 0.717) is 29.9 Å². The van der Waals surface area contributed by atoms with Crippen molar-refractivity contribution in [2.75, 3.05) is 46.4 Å². The number of methoxy groups -OCH3 is 1. The Kier molecular flexibility index (Phi) is 10.5. The number of nitrogens with zero attached hydrogens (tertiary/aromatic N) is 4. The van der Waals surface area contributed by atoms with Gasteiger partial charge in [0.15, 0.2) is 0 Å². The zero-order valence-corrected chi connectivity index (χ0v) is 25.7. The highest BCUT2D eigenvalue weighted by molar-refractivity contribution is 5.94. The van der Waals surface area contributed by atoms with Crippen molar-refractivity contribution in [2.45, 2.75) is 31.7 Å². The average molecular weight is 612 g/mol. The Balaban J connectivity index is 0.00000202. The predicted octanol–water partition coefficient (Wildman–Crippen LogP) is 5.30. The second kappa shape index (κ2) is 13.9. The van der Waals surface area contributed by atoms with E-state index < -0.39 is 0 Å². The Labute approximate surface area is 261 Å². The fraction of sp³-hybridized carbons (Fsp3) is 0.424. The van der Waals surface area contributed by atoms with Crippen LogP contribution in [-0.2, 0) is 11.3 Å². The van der Waals surface area contributed by atoms with Crippen LogP contribution in [0.1, 0.15) is 46.7 Å². The number of pyridine rings is 1. The topological polar surface area (TPSA) is 66.0 Å². The van der Waals surface area contributed by atoms with Crippen molar-refractivity contribution in [1.29, 1.82) is 0 Å². The van der Waals surface area contributed by atoms with Crippen molar-refractivity contribution in [2.24, 2.45) is 11.3 Å². The molecular formula is C33H40Cl2N4O3. The molecule has 0 radical (unpaired) electrons. The Hall–Kier alpha value is -3.13. The molecule has 3 saturated heterocycles. The SMILES string of the molecule is COc1ccc(CN2CCC3(CCN(C[C@H]4CN(C(=O)c5ccncc5)C[C@@H]4c4ccccc4)CC3)C2=O)cc1.Cl.Cl. The van der Waals surface area contributed by atoms with E-state index in [4.69, 9.17) is 4.74 Å². The molecule has 1 aromatic heterocycles. The molecule has 2 atom stereocenters. The maximum Gasteiger partial charge on any atom is 0.253 e. The molecule has 1 spiro atoms. The largest absolute Gasteiger partial charge is 0.497 e. The molecule has 0 aliphatic carbocycles. The summed E-state index contributed by atoms with van der Waals surface area (Å²) in [5, 5.41) is 0. The van der Waals surface area contributed by atoms with Crippen molar-refractivity contribution in [1.82, 2.24) is 19.7 Å². The molecule has 4 heterocycles. The first kappa shape index (κ1) is 31.8. The van der Waals surface area contributed by atoms with Crippen molar-refractivity contribution < 1.29 is 14.3 Å². The van der Waals surface area contributed by atoms with E-state index in [1.54, 1.807) is 31.6 Å². The maximum atomic E-state index is 13.6. The molecule has 3 aliphatic rings. The summed E-state index contributed by atoms with van der Waals surface area (Å²) in [5.74, 6) is 1.89. The van der Waals surface area contributed by atoms with Crippen molar-refractivity contribution in [3.63, 3.8) is 0 Å². The van der Waals surface area contributed by atoms with Crippen LogP contribution in [0.4, 0.5) is 0 Å². The zero-order chi connectivity index (χ0) is 27.5. The van der Waals surface area contributed by atoms with E-state index >= 15 is 0 Å². The number of amides is 2. The van der Waals surface area contributed by atoms with Gasteiger partial charge in [-0.05, 0) is 73.7 Å². The number of halogens is 2. The summed E-state index contributed by atoms with van der Waals surface area (Å²) in [6.07, 6.45) is 6.13. The van der Waals surface area contributed by atoms with Crippen molar-refractivity contribution in [3.8, 4) is 5.75 Å². The number of hydrogen-bond donors (Lipinski definition) is 0. The Morgan fingerprint density at radius 2 is 1.57 bits per heavy atom. The van der Waals surface area contributed by atoms with Gasteiger partial charge >= 0.3 is 0 Å². The molecule has 0 saturated carbocycles. The van der Waals surface area contributed by atoms with Gasteiger partial charge in [0.25, 0.3) is 5.91 Å². The van der Waals surface area contributed by atoms with Gasteiger partial charge in [-0.15, -0.1) is 24.8 Å². The van der Waals surface area contributed by atoms with Gasteiger partial charge < -0.3 is 19.4 Å². The van der Waals surface area contributed by atoms with Crippen LogP contribution < -0.4 is 4.74 Å². The van der Waals surface area contributed by atoms with Gasteiger partial charge in [-0.25, -0.2) is 0 Å². The summed E-state index contributed by atoms with van der Waals surface area (Å²) in [4.78, 5) is 37.5. The van der Waals surface area contributed by atoms with E-state index in [1.807, 2.05) is 40.1 Å². The first-order chi connectivity index (χ1) is 19.5. The average Bonchev–Trinajstić information content (AvgIpc) is 3.56. The number of aromatic nitrogens is 1. The molecule has 2 aromatic carbocycles. The Bertz CT molecular complexity index is 1320. The minimum atomic E-state index is -0.221. The number of rotatable bonds is 7. The third kappa shape index (κ3) is 6.59. The van der Waals surface area contributed by atoms with Crippen LogP contribution in [0.5, 0.6) is 5.75 Å². The highest BCUT2D eigenvalue weighted by Crippen LogP contribution is 2.43. The van der Waals surface area contributed by atoms with Gasteiger partial charge in [0.05, 0.1) is 12.5 Å². The molecule has 9 heteroatoms. The van der Waals surface area contributed by atoms with Crippen LogP contribution in [0.25, 0.3) is 0 Å². The molecule has 6 rings (SSSR count). The second-order valence-corrected chi connectivity index (χ2v) is 11.6. The van der Waals surface area contributed by atoms with Crippen LogP contribution in [0, 0.1) is 11.3 Å². The minimum absolute atomic E-state index is 0. The lowest BCUT2D eigenvalue weighted by molar-refractivity contribution is -0.139. The van der Waals surface area contributed by atoms with Gasteiger partial charge in [0.2, 0.25) is 5.91 Å². The number of ether oxygens (including phenoxy) is 1. The summed E-state index contributed by atoms with van der Waals surface area (Å²) in [6.45, 7) is 5.77. The van der Waals surface area contributed by atoms with Crippen LogP contribution >= 0.6 is 24.8 Å². The van der Waals surface area contributed by atoms with Crippen LogP contribution in [0.2, 0.25) is 0 Å². The van der Waals surface area contributed by atoms with Crippen LogP contribution in [0.15, 0.2) is 79.1 Å². The molecule has 7 nitrogen and oxygen atoms in total. The lowest BCUT2D eigenvalue weighted by Crippen LogP contribution is -2.46.